The Morgan fingerprint density at radius 1 is 1.50 bits per heavy atom. The van der Waals surface area contributed by atoms with Gasteiger partial charge in [0, 0.05) is 6.04 Å². The Morgan fingerprint density at radius 3 is 2.75 bits per heavy atom. The lowest BCUT2D eigenvalue weighted by atomic mass is 10.2. The second kappa shape index (κ2) is 3.75. The van der Waals surface area contributed by atoms with Crippen LogP contribution in [0.3, 0.4) is 0 Å². The lowest BCUT2D eigenvalue weighted by molar-refractivity contribution is 0.538. The third-order valence-electron chi connectivity index (χ3n) is 2.52. The number of hydrogen-bond acceptors (Lipinski definition) is 3. The van der Waals surface area contributed by atoms with Crippen molar-refractivity contribution in [1.82, 2.24) is 5.32 Å². The van der Waals surface area contributed by atoms with Crippen LogP contribution in [-0.2, 0) is 9.84 Å². The maximum Gasteiger partial charge on any atom is 0.154 e. The van der Waals surface area contributed by atoms with E-state index in [0.717, 1.165) is 19.4 Å². The van der Waals surface area contributed by atoms with Gasteiger partial charge >= 0.3 is 0 Å². The molecule has 0 aliphatic carbocycles. The number of sulfone groups is 1. The number of nitrogens with one attached hydrogen (secondary N) is 1. The Kier molecular flexibility index (Phi) is 3.12. The summed E-state index contributed by atoms with van der Waals surface area (Å²) in [7, 11) is -2.82. The van der Waals surface area contributed by atoms with E-state index in [1.807, 2.05) is 6.92 Å². The molecule has 0 spiro atoms. The first-order valence-electron chi connectivity index (χ1n) is 4.51. The highest BCUT2D eigenvalue weighted by molar-refractivity contribution is 7.92. The highest BCUT2D eigenvalue weighted by Gasteiger charge is 2.27. The molecule has 0 aromatic carbocycles. The molecule has 1 heterocycles. The zero-order chi connectivity index (χ0) is 9.19. The topological polar surface area (TPSA) is 46.2 Å². The van der Waals surface area contributed by atoms with Crippen LogP contribution in [0.1, 0.15) is 26.7 Å². The fourth-order valence-corrected chi connectivity index (χ4v) is 3.16. The number of hydrogen-bond donors (Lipinski definition) is 1. The number of rotatable bonds is 1. The van der Waals surface area contributed by atoms with Crippen LogP contribution in [0.15, 0.2) is 0 Å². The highest BCUT2D eigenvalue weighted by atomic mass is 32.2. The lowest BCUT2D eigenvalue weighted by Crippen LogP contribution is -2.32. The molecule has 0 aromatic rings. The molecular formula is C8H17NO2S. The van der Waals surface area contributed by atoms with Gasteiger partial charge in [0.05, 0.1) is 11.0 Å². The van der Waals surface area contributed by atoms with Crippen LogP contribution >= 0.6 is 0 Å². The Bertz CT molecular complexity index is 235. The minimum atomic E-state index is -2.82. The third kappa shape index (κ3) is 2.20. The largest absolute Gasteiger partial charge is 0.313 e. The zero-order valence-corrected chi connectivity index (χ0v) is 8.52. The maximum absolute atomic E-state index is 11.5. The molecule has 72 valence electrons. The summed E-state index contributed by atoms with van der Waals surface area (Å²) in [6.45, 7) is 4.65. The van der Waals surface area contributed by atoms with E-state index >= 15 is 0 Å². The molecule has 0 radical (unpaired) electrons. The van der Waals surface area contributed by atoms with Crippen LogP contribution < -0.4 is 5.32 Å². The van der Waals surface area contributed by atoms with Crippen LogP contribution in [-0.4, -0.2) is 32.0 Å². The van der Waals surface area contributed by atoms with E-state index in [2.05, 4.69) is 5.32 Å². The van der Waals surface area contributed by atoms with Gasteiger partial charge in [0.25, 0.3) is 0 Å². The molecule has 1 aliphatic rings. The molecule has 2 unspecified atom stereocenters. The smallest absolute Gasteiger partial charge is 0.154 e. The van der Waals surface area contributed by atoms with Crippen molar-refractivity contribution in [2.75, 3.05) is 12.3 Å². The van der Waals surface area contributed by atoms with Gasteiger partial charge in [0.15, 0.2) is 9.84 Å². The van der Waals surface area contributed by atoms with Crippen LogP contribution in [0.2, 0.25) is 0 Å². The molecule has 4 heteroatoms. The van der Waals surface area contributed by atoms with Crippen LogP contribution in [0.5, 0.6) is 0 Å². The SMILES string of the molecule is CCC1CS(=O)(=O)C(C)CCN1. The first kappa shape index (κ1) is 9.99. The summed E-state index contributed by atoms with van der Waals surface area (Å²) in [5.41, 5.74) is 0. The van der Waals surface area contributed by atoms with Crippen LogP contribution in [0, 0.1) is 0 Å². The molecule has 1 N–H and O–H groups in total. The predicted octanol–water partition coefficient (Wildman–Crippen LogP) is 0.562. The molecule has 1 aliphatic heterocycles. The molecule has 0 bridgehead atoms. The summed E-state index contributed by atoms with van der Waals surface area (Å²) in [5, 5.41) is 3.07. The summed E-state index contributed by atoms with van der Waals surface area (Å²) in [6, 6.07) is 0.167. The Balaban J connectivity index is 2.73. The van der Waals surface area contributed by atoms with E-state index in [1.165, 1.54) is 0 Å². The van der Waals surface area contributed by atoms with Crippen LogP contribution in [0.25, 0.3) is 0 Å². The quantitative estimate of drug-likeness (QED) is 0.659. The molecular weight excluding hydrogens is 174 g/mol. The maximum atomic E-state index is 11.5. The molecule has 2 atom stereocenters. The Labute approximate surface area is 74.5 Å². The summed E-state index contributed by atoms with van der Waals surface area (Å²) < 4.78 is 23.1. The Hall–Kier alpha value is -0.0900. The second-order valence-electron chi connectivity index (χ2n) is 3.49. The van der Waals surface area contributed by atoms with E-state index in [0.29, 0.717) is 5.75 Å². The van der Waals surface area contributed by atoms with E-state index in [9.17, 15) is 8.42 Å². The van der Waals surface area contributed by atoms with Crippen molar-refractivity contribution >= 4 is 9.84 Å². The third-order valence-corrected chi connectivity index (χ3v) is 4.85. The molecule has 3 nitrogen and oxygen atoms in total. The van der Waals surface area contributed by atoms with E-state index in [4.69, 9.17) is 0 Å². The van der Waals surface area contributed by atoms with Gasteiger partial charge < -0.3 is 5.32 Å². The van der Waals surface area contributed by atoms with Gasteiger partial charge in [-0.2, -0.15) is 0 Å². The average molecular weight is 191 g/mol. The van der Waals surface area contributed by atoms with Gasteiger partial charge in [-0.15, -0.1) is 0 Å². The Morgan fingerprint density at radius 2 is 2.17 bits per heavy atom. The minimum absolute atomic E-state index is 0.165. The van der Waals surface area contributed by atoms with Crippen molar-refractivity contribution in [3.05, 3.63) is 0 Å². The lowest BCUT2D eigenvalue weighted by Gasteiger charge is -2.12. The molecule has 12 heavy (non-hydrogen) atoms. The molecule has 0 amide bonds. The summed E-state index contributed by atoms with van der Waals surface area (Å²) in [6.07, 6.45) is 1.64. The summed E-state index contributed by atoms with van der Waals surface area (Å²) in [4.78, 5) is 0. The van der Waals surface area contributed by atoms with Crippen molar-refractivity contribution in [2.45, 2.75) is 38.0 Å². The van der Waals surface area contributed by atoms with Crippen molar-refractivity contribution in [2.24, 2.45) is 0 Å². The van der Waals surface area contributed by atoms with Gasteiger partial charge in [0.1, 0.15) is 0 Å². The molecule has 0 saturated carbocycles. The monoisotopic (exact) mass is 191 g/mol. The first-order valence-corrected chi connectivity index (χ1v) is 6.22. The molecule has 1 fully saturated rings. The summed E-state index contributed by atoms with van der Waals surface area (Å²) in [5.74, 6) is 0.310. The standard InChI is InChI=1S/C8H17NO2S/c1-3-8-6-12(10,11)7(2)4-5-9-8/h7-9H,3-6H2,1-2H3. The predicted molar refractivity (Wildman–Crippen MR) is 49.9 cm³/mol. The zero-order valence-electron chi connectivity index (χ0n) is 7.71. The first-order chi connectivity index (χ1) is 5.56. The van der Waals surface area contributed by atoms with Crippen molar-refractivity contribution < 1.29 is 8.42 Å². The van der Waals surface area contributed by atoms with Gasteiger partial charge in [-0.3, -0.25) is 0 Å². The van der Waals surface area contributed by atoms with Crippen molar-refractivity contribution in [1.29, 1.82) is 0 Å². The average Bonchev–Trinajstić information content (AvgIpc) is 2.12. The fourth-order valence-electron chi connectivity index (χ4n) is 1.44. The van der Waals surface area contributed by atoms with Crippen molar-refractivity contribution in [3.63, 3.8) is 0 Å². The van der Waals surface area contributed by atoms with E-state index < -0.39 is 9.84 Å². The second-order valence-corrected chi connectivity index (χ2v) is 5.95. The fraction of sp³-hybridized carbons (Fsp3) is 1.00. The van der Waals surface area contributed by atoms with E-state index in [1.54, 1.807) is 6.92 Å². The molecule has 1 rings (SSSR count). The molecule has 0 aromatic heterocycles. The minimum Gasteiger partial charge on any atom is -0.313 e. The van der Waals surface area contributed by atoms with Gasteiger partial charge in [-0.1, -0.05) is 6.92 Å². The van der Waals surface area contributed by atoms with Gasteiger partial charge in [-0.25, -0.2) is 8.42 Å². The van der Waals surface area contributed by atoms with Gasteiger partial charge in [0.2, 0.25) is 0 Å². The normalized spacial score (nSPS) is 35.8. The van der Waals surface area contributed by atoms with E-state index in [-0.39, 0.29) is 11.3 Å². The highest BCUT2D eigenvalue weighted by Crippen LogP contribution is 2.12. The molecule has 1 saturated heterocycles. The summed E-state index contributed by atoms with van der Waals surface area (Å²) >= 11 is 0. The van der Waals surface area contributed by atoms with Crippen molar-refractivity contribution in [3.8, 4) is 0 Å². The van der Waals surface area contributed by atoms with Gasteiger partial charge in [-0.05, 0) is 26.3 Å². The van der Waals surface area contributed by atoms with Crippen LogP contribution in [0.4, 0.5) is 0 Å².